The normalized spacial score (nSPS) is 19.0. The van der Waals surface area contributed by atoms with Crippen LogP contribution in [0.5, 0.6) is 0 Å². The largest absolute Gasteiger partial charge is 0.379 e. The second kappa shape index (κ2) is 10.3. The Morgan fingerprint density at radius 2 is 1.81 bits per heavy atom. The van der Waals surface area contributed by atoms with Crippen LogP contribution in [0, 0.1) is 0 Å². The maximum Gasteiger partial charge on any atom is 0.170 e. The summed E-state index contributed by atoms with van der Waals surface area (Å²) in [5, 5.41) is 8.05. The van der Waals surface area contributed by atoms with Gasteiger partial charge in [0.2, 0.25) is 0 Å². The summed E-state index contributed by atoms with van der Waals surface area (Å²) in [5.41, 5.74) is 2.18. The molecule has 1 aromatic rings. The fraction of sp³-hybridized carbons (Fsp3) is 0.632. The van der Waals surface area contributed by atoms with E-state index in [1.807, 2.05) is 12.1 Å². The van der Waals surface area contributed by atoms with E-state index in [0.29, 0.717) is 5.11 Å². The lowest BCUT2D eigenvalue weighted by molar-refractivity contribution is 0.0389. The van der Waals surface area contributed by atoms with E-state index >= 15 is 0 Å². The lowest BCUT2D eigenvalue weighted by atomic mass is 10.2. The van der Waals surface area contributed by atoms with E-state index in [2.05, 4.69) is 26.5 Å². The maximum atomic E-state index is 6.24. The van der Waals surface area contributed by atoms with Crippen LogP contribution >= 0.6 is 23.8 Å². The summed E-state index contributed by atoms with van der Waals surface area (Å²) in [6, 6.07) is 6.03. The smallest absolute Gasteiger partial charge is 0.170 e. The molecule has 0 saturated carbocycles. The van der Waals surface area contributed by atoms with Gasteiger partial charge in [-0.1, -0.05) is 24.4 Å². The molecule has 2 aliphatic rings. The quantitative estimate of drug-likeness (QED) is 0.744. The van der Waals surface area contributed by atoms with Crippen molar-refractivity contribution in [3.05, 3.63) is 23.2 Å². The molecule has 0 spiro atoms. The molecule has 0 bridgehead atoms. The summed E-state index contributed by atoms with van der Waals surface area (Å²) in [6.07, 6.45) is 5.11. The van der Waals surface area contributed by atoms with Crippen LogP contribution in [0.1, 0.15) is 25.7 Å². The number of thiocarbonyl (C=S) groups is 1. The van der Waals surface area contributed by atoms with Crippen molar-refractivity contribution in [2.75, 3.05) is 62.7 Å². The van der Waals surface area contributed by atoms with Gasteiger partial charge in [0.15, 0.2) is 5.11 Å². The number of hydrogen-bond donors (Lipinski definition) is 2. The average Bonchev–Trinajstić information content (AvgIpc) is 2.92. The summed E-state index contributed by atoms with van der Waals surface area (Å²) in [4.78, 5) is 4.84. The summed E-state index contributed by atoms with van der Waals surface area (Å²) >= 11 is 11.7. The SMILES string of the molecule is S=C(NCCN1CCOCC1)Nc1cc(Cl)ccc1N1CCCCCC1. The first-order valence-electron chi connectivity index (χ1n) is 9.62. The van der Waals surface area contributed by atoms with Gasteiger partial charge < -0.3 is 20.3 Å². The van der Waals surface area contributed by atoms with Crippen molar-refractivity contribution in [2.45, 2.75) is 25.7 Å². The number of nitrogens with one attached hydrogen (secondary N) is 2. The molecule has 0 aliphatic carbocycles. The molecule has 0 amide bonds. The van der Waals surface area contributed by atoms with E-state index in [9.17, 15) is 0 Å². The van der Waals surface area contributed by atoms with Gasteiger partial charge >= 0.3 is 0 Å². The van der Waals surface area contributed by atoms with Crippen LogP contribution in [0.4, 0.5) is 11.4 Å². The molecule has 0 radical (unpaired) electrons. The number of rotatable bonds is 5. The molecule has 2 heterocycles. The molecule has 2 N–H and O–H groups in total. The van der Waals surface area contributed by atoms with Crippen molar-refractivity contribution < 1.29 is 4.74 Å². The van der Waals surface area contributed by atoms with Gasteiger partial charge in [-0.25, -0.2) is 0 Å². The van der Waals surface area contributed by atoms with Crippen LogP contribution in [-0.4, -0.2) is 62.5 Å². The van der Waals surface area contributed by atoms with Crippen molar-refractivity contribution in [3.63, 3.8) is 0 Å². The minimum Gasteiger partial charge on any atom is -0.379 e. The third kappa shape index (κ3) is 5.98. The van der Waals surface area contributed by atoms with Gasteiger partial charge in [-0.2, -0.15) is 0 Å². The number of benzene rings is 1. The van der Waals surface area contributed by atoms with Gasteiger partial charge in [0.25, 0.3) is 0 Å². The Bertz CT molecular complexity index is 587. The first-order valence-corrected chi connectivity index (χ1v) is 10.4. The van der Waals surface area contributed by atoms with E-state index in [0.717, 1.165) is 63.2 Å². The Kier molecular flexibility index (Phi) is 7.80. The van der Waals surface area contributed by atoms with Crippen LogP contribution < -0.4 is 15.5 Å². The maximum absolute atomic E-state index is 6.24. The Balaban J connectivity index is 1.55. The zero-order valence-corrected chi connectivity index (χ0v) is 16.9. The predicted octanol–water partition coefficient (Wildman–Crippen LogP) is 3.34. The Labute approximate surface area is 167 Å². The van der Waals surface area contributed by atoms with Crippen LogP contribution in [0.15, 0.2) is 18.2 Å². The number of morpholine rings is 1. The average molecular weight is 397 g/mol. The molecule has 7 heteroatoms. The minimum atomic E-state index is 0.650. The van der Waals surface area contributed by atoms with Gasteiger partial charge in [-0.3, -0.25) is 4.90 Å². The van der Waals surface area contributed by atoms with Crippen LogP contribution in [0.25, 0.3) is 0 Å². The van der Waals surface area contributed by atoms with Gasteiger partial charge in [-0.15, -0.1) is 0 Å². The highest BCUT2D eigenvalue weighted by Gasteiger charge is 2.15. The van der Waals surface area contributed by atoms with Gasteiger partial charge in [-0.05, 0) is 43.3 Å². The third-order valence-electron chi connectivity index (χ3n) is 4.97. The predicted molar refractivity (Wildman–Crippen MR) is 114 cm³/mol. The molecule has 0 atom stereocenters. The van der Waals surface area contributed by atoms with Crippen molar-refractivity contribution in [3.8, 4) is 0 Å². The summed E-state index contributed by atoms with van der Waals surface area (Å²) in [6.45, 7) is 7.62. The number of ether oxygens (including phenoxy) is 1. The zero-order chi connectivity index (χ0) is 18.2. The fourth-order valence-corrected chi connectivity index (χ4v) is 3.90. The number of hydrogen-bond acceptors (Lipinski definition) is 4. The van der Waals surface area contributed by atoms with Gasteiger partial charge in [0.05, 0.1) is 24.6 Å². The molecular formula is C19H29ClN4OS. The highest BCUT2D eigenvalue weighted by molar-refractivity contribution is 7.80. The van der Waals surface area contributed by atoms with Crippen molar-refractivity contribution in [1.82, 2.24) is 10.2 Å². The Hall–Kier alpha value is -1.08. The standard InChI is InChI=1S/C19H29ClN4OS/c20-16-5-6-18(24-8-3-1-2-4-9-24)17(15-16)22-19(26)21-7-10-23-11-13-25-14-12-23/h5-6,15H,1-4,7-14H2,(H2,21,22,26). The van der Waals surface area contributed by atoms with E-state index in [4.69, 9.17) is 28.6 Å². The van der Waals surface area contributed by atoms with Crippen LogP contribution in [0.2, 0.25) is 5.02 Å². The first kappa shape index (κ1) is 19.7. The highest BCUT2D eigenvalue weighted by Crippen LogP contribution is 2.30. The molecular weight excluding hydrogens is 368 g/mol. The lowest BCUT2D eigenvalue weighted by Gasteiger charge is -2.27. The zero-order valence-electron chi connectivity index (χ0n) is 15.3. The van der Waals surface area contributed by atoms with Crippen LogP contribution in [0.3, 0.4) is 0 Å². The molecule has 2 saturated heterocycles. The summed E-state index contributed by atoms with van der Waals surface area (Å²) in [7, 11) is 0. The monoisotopic (exact) mass is 396 g/mol. The first-order chi connectivity index (χ1) is 12.7. The number of anilines is 2. The molecule has 0 aromatic heterocycles. The fourth-order valence-electron chi connectivity index (χ4n) is 3.51. The van der Waals surface area contributed by atoms with Crippen molar-refractivity contribution >= 4 is 40.3 Å². The van der Waals surface area contributed by atoms with E-state index in [1.165, 1.54) is 31.4 Å². The Morgan fingerprint density at radius 1 is 1.08 bits per heavy atom. The van der Waals surface area contributed by atoms with E-state index in [1.54, 1.807) is 0 Å². The second-order valence-corrected chi connectivity index (χ2v) is 7.74. The molecule has 0 unspecified atom stereocenters. The lowest BCUT2D eigenvalue weighted by Crippen LogP contribution is -2.42. The van der Waals surface area contributed by atoms with E-state index < -0.39 is 0 Å². The van der Waals surface area contributed by atoms with Crippen molar-refractivity contribution in [1.29, 1.82) is 0 Å². The topological polar surface area (TPSA) is 39.8 Å². The number of nitrogens with zero attached hydrogens (tertiary/aromatic N) is 2. The van der Waals surface area contributed by atoms with Crippen LogP contribution in [-0.2, 0) is 4.74 Å². The molecule has 5 nitrogen and oxygen atoms in total. The van der Waals surface area contributed by atoms with E-state index in [-0.39, 0.29) is 0 Å². The molecule has 144 valence electrons. The molecule has 1 aromatic carbocycles. The molecule has 3 rings (SSSR count). The minimum absolute atomic E-state index is 0.650. The third-order valence-corrected chi connectivity index (χ3v) is 5.45. The molecule has 2 aliphatic heterocycles. The van der Waals surface area contributed by atoms with Gasteiger partial charge in [0.1, 0.15) is 0 Å². The highest BCUT2D eigenvalue weighted by atomic mass is 35.5. The van der Waals surface area contributed by atoms with Crippen molar-refractivity contribution in [2.24, 2.45) is 0 Å². The molecule has 26 heavy (non-hydrogen) atoms. The summed E-state index contributed by atoms with van der Waals surface area (Å²) < 4.78 is 5.38. The number of halogens is 1. The Morgan fingerprint density at radius 3 is 2.54 bits per heavy atom. The summed E-state index contributed by atoms with van der Waals surface area (Å²) in [5.74, 6) is 0. The molecule has 2 fully saturated rings. The second-order valence-electron chi connectivity index (χ2n) is 6.90. The van der Waals surface area contributed by atoms with Gasteiger partial charge in [0, 0.05) is 44.3 Å².